The van der Waals surface area contributed by atoms with E-state index in [1.54, 1.807) is 0 Å². The molecule has 0 unspecified atom stereocenters. The van der Waals surface area contributed by atoms with Crippen molar-refractivity contribution in [2.45, 2.75) is 51.4 Å². The topological polar surface area (TPSA) is 38.7 Å². The summed E-state index contributed by atoms with van der Waals surface area (Å²) < 4.78 is 0. The lowest BCUT2D eigenvalue weighted by atomic mass is 9.77. The number of aromatic nitrogens is 3. The van der Waals surface area contributed by atoms with Crippen LogP contribution in [0.1, 0.15) is 79.9 Å². The van der Waals surface area contributed by atoms with E-state index in [0.29, 0.717) is 5.82 Å². The Morgan fingerprint density at radius 1 is 0.478 bits per heavy atom. The van der Waals surface area contributed by atoms with Crippen LogP contribution in [0, 0.1) is 0 Å². The molecule has 1 heterocycles. The highest BCUT2D eigenvalue weighted by Crippen LogP contribution is 2.34. The predicted octanol–water partition coefficient (Wildman–Crippen LogP) is 10.8. The van der Waals surface area contributed by atoms with Gasteiger partial charge in [0.05, 0.1) is 0 Å². The molecule has 3 nitrogen and oxygen atoms in total. The summed E-state index contributed by atoms with van der Waals surface area (Å²) in [6, 6.07) is 28.3. The molecule has 1 aromatic heterocycles. The highest BCUT2D eigenvalue weighted by atomic mass is 15.0. The van der Waals surface area contributed by atoms with Crippen LogP contribution in [0.5, 0.6) is 0 Å². The van der Waals surface area contributed by atoms with Crippen LogP contribution in [0.3, 0.4) is 0 Å². The van der Waals surface area contributed by atoms with Crippen molar-refractivity contribution in [3.8, 4) is 11.4 Å². The largest absolute Gasteiger partial charge is 0.209 e. The first-order valence-electron chi connectivity index (χ1n) is 16.4. The normalized spacial score (nSPS) is 16.3. The molecule has 0 amide bonds. The monoisotopic (exact) mass is 597 g/mol. The molecule has 0 aliphatic heterocycles. The maximum Gasteiger partial charge on any atom is 0.164 e. The third kappa shape index (κ3) is 6.32. The quantitative estimate of drug-likeness (QED) is 0.213. The van der Waals surface area contributed by atoms with Gasteiger partial charge in [0.2, 0.25) is 0 Å². The molecule has 0 radical (unpaired) electrons. The Kier molecular flexibility index (Phi) is 8.39. The van der Waals surface area contributed by atoms with E-state index in [1.807, 2.05) is 6.07 Å². The highest BCUT2D eigenvalue weighted by molar-refractivity contribution is 5.80. The van der Waals surface area contributed by atoms with E-state index in [-0.39, 0.29) is 5.41 Å². The van der Waals surface area contributed by atoms with Gasteiger partial charge in [-0.25, -0.2) is 15.0 Å². The van der Waals surface area contributed by atoms with E-state index in [0.717, 1.165) is 60.5 Å². The number of allylic oxidation sites excluding steroid dienone is 14. The molecule has 3 aromatic carbocycles. The number of hydrogen-bond acceptors (Lipinski definition) is 3. The van der Waals surface area contributed by atoms with E-state index < -0.39 is 0 Å². The van der Waals surface area contributed by atoms with Crippen LogP contribution in [0.4, 0.5) is 0 Å². The molecule has 0 atom stereocenters. The maximum absolute atomic E-state index is 5.05. The molecule has 3 aliphatic carbocycles. The summed E-state index contributed by atoms with van der Waals surface area (Å²) in [7, 11) is 0. The van der Waals surface area contributed by atoms with Gasteiger partial charge in [-0.3, -0.25) is 0 Å². The van der Waals surface area contributed by atoms with E-state index in [2.05, 4.69) is 147 Å². The fraction of sp³-hybridized carbons (Fsp3) is 0.186. The Morgan fingerprint density at radius 3 is 1.70 bits per heavy atom. The molecule has 7 rings (SSSR count). The van der Waals surface area contributed by atoms with Crippen molar-refractivity contribution in [1.82, 2.24) is 15.0 Å². The number of benzene rings is 3. The second-order valence-corrected chi connectivity index (χ2v) is 12.7. The third-order valence-electron chi connectivity index (χ3n) is 9.18. The molecular weight excluding hydrogens is 558 g/mol. The van der Waals surface area contributed by atoms with Gasteiger partial charge >= 0.3 is 0 Å². The number of rotatable bonds is 7. The SMILES string of the molecule is CC(C)(c1ccc(C2=CCCC=C2)cc1)c1ccc(-c2nc(C3=CCCC=C3)nc(C3=CC=C(c4ccccc4)C=CC3)n2)cc1. The van der Waals surface area contributed by atoms with Crippen LogP contribution in [0.25, 0.3) is 33.7 Å². The predicted molar refractivity (Wildman–Crippen MR) is 193 cm³/mol. The maximum atomic E-state index is 5.05. The summed E-state index contributed by atoms with van der Waals surface area (Å²) in [5.74, 6) is 2.15. The average molecular weight is 598 g/mol. The molecule has 0 saturated heterocycles. The van der Waals surface area contributed by atoms with Crippen LogP contribution in [-0.2, 0) is 5.41 Å². The number of nitrogens with zero attached hydrogens (tertiary/aromatic N) is 3. The molecule has 0 bridgehead atoms. The summed E-state index contributed by atoms with van der Waals surface area (Å²) in [6.45, 7) is 4.59. The smallest absolute Gasteiger partial charge is 0.164 e. The van der Waals surface area contributed by atoms with Crippen molar-refractivity contribution in [3.63, 3.8) is 0 Å². The van der Waals surface area contributed by atoms with Gasteiger partial charge in [-0.05, 0) is 65.5 Å². The molecular formula is C43H39N3. The molecule has 0 fully saturated rings. The first-order valence-corrected chi connectivity index (χ1v) is 16.4. The van der Waals surface area contributed by atoms with Gasteiger partial charge in [0.15, 0.2) is 17.5 Å². The van der Waals surface area contributed by atoms with Gasteiger partial charge in [-0.2, -0.15) is 0 Å². The van der Waals surface area contributed by atoms with E-state index in [4.69, 9.17) is 15.0 Å². The summed E-state index contributed by atoms with van der Waals surface area (Å²) in [5.41, 5.74) is 10.5. The molecule has 4 aromatic rings. The molecule has 0 saturated carbocycles. The highest BCUT2D eigenvalue weighted by Gasteiger charge is 2.24. The zero-order valence-electron chi connectivity index (χ0n) is 26.7. The fourth-order valence-corrected chi connectivity index (χ4v) is 6.28. The second-order valence-electron chi connectivity index (χ2n) is 12.7. The van der Waals surface area contributed by atoms with Crippen molar-refractivity contribution in [2.75, 3.05) is 0 Å². The Hall–Kier alpha value is -5.15. The van der Waals surface area contributed by atoms with Gasteiger partial charge in [-0.1, -0.05) is 153 Å². The minimum Gasteiger partial charge on any atom is -0.209 e. The van der Waals surface area contributed by atoms with Crippen LogP contribution in [-0.4, -0.2) is 15.0 Å². The first-order chi connectivity index (χ1) is 22.5. The molecule has 3 heteroatoms. The average Bonchev–Trinajstić information content (AvgIpc) is 3.39. The minimum absolute atomic E-state index is 0.152. The van der Waals surface area contributed by atoms with Gasteiger partial charge < -0.3 is 0 Å². The van der Waals surface area contributed by atoms with Gasteiger partial charge in [0.1, 0.15) is 0 Å². The van der Waals surface area contributed by atoms with Gasteiger partial charge in [0, 0.05) is 22.1 Å². The van der Waals surface area contributed by atoms with E-state index >= 15 is 0 Å². The summed E-state index contributed by atoms with van der Waals surface area (Å²) in [6.07, 6.45) is 27.2. The zero-order chi connectivity index (χ0) is 31.3. The van der Waals surface area contributed by atoms with Crippen LogP contribution in [0.2, 0.25) is 0 Å². The lowest BCUT2D eigenvalue weighted by Crippen LogP contribution is -2.18. The lowest BCUT2D eigenvalue weighted by molar-refractivity contribution is 0.641. The van der Waals surface area contributed by atoms with E-state index in [1.165, 1.54) is 33.4 Å². The first kappa shape index (κ1) is 29.6. The lowest BCUT2D eigenvalue weighted by Gasteiger charge is -2.26. The molecule has 3 aliphatic rings. The number of hydrogen-bond donors (Lipinski definition) is 0. The van der Waals surface area contributed by atoms with Crippen molar-refractivity contribution >= 4 is 22.3 Å². The minimum atomic E-state index is -0.152. The van der Waals surface area contributed by atoms with Crippen LogP contribution in [0.15, 0.2) is 140 Å². The molecule has 46 heavy (non-hydrogen) atoms. The van der Waals surface area contributed by atoms with Crippen molar-refractivity contribution < 1.29 is 0 Å². The molecule has 226 valence electrons. The third-order valence-corrected chi connectivity index (χ3v) is 9.18. The van der Waals surface area contributed by atoms with Crippen LogP contribution < -0.4 is 0 Å². The van der Waals surface area contributed by atoms with Gasteiger partial charge in [0.25, 0.3) is 0 Å². The van der Waals surface area contributed by atoms with Gasteiger partial charge in [-0.15, -0.1) is 0 Å². The Labute approximate surface area is 272 Å². The zero-order valence-corrected chi connectivity index (χ0v) is 26.7. The Bertz CT molecular complexity index is 1940. The van der Waals surface area contributed by atoms with Crippen molar-refractivity contribution in [3.05, 3.63) is 174 Å². The van der Waals surface area contributed by atoms with Crippen molar-refractivity contribution in [1.29, 1.82) is 0 Å². The van der Waals surface area contributed by atoms with Crippen LogP contribution >= 0.6 is 0 Å². The summed E-state index contributed by atoms with van der Waals surface area (Å²) in [5, 5.41) is 0. The van der Waals surface area contributed by atoms with E-state index in [9.17, 15) is 0 Å². The summed E-state index contributed by atoms with van der Waals surface area (Å²) >= 11 is 0. The Balaban J connectivity index is 1.20. The fourth-order valence-electron chi connectivity index (χ4n) is 6.28. The van der Waals surface area contributed by atoms with Crippen molar-refractivity contribution in [2.24, 2.45) is 0 Å². The Morgan fingerprint density at radius 2 is 1.04 bits per heavy atom. The molecule has 0 N–H and O–H groups in total. The summed E-state index contributed by atoms with van der Waals surface area (Å²) in [4.78, 5) is 15.1. The molecule has 0 spiro atoms. The second kappa shape index (κ2) is 13.1. The standard InChI is InChI=1S/C43H39N3/c1-43(2,38-27-23-34(24-28-38)32-15-8-4-9-16-32)39-29-25-37(26-30-39)42-45-40(35-17-10-5-11-18-35)44-41(46-42)36-20-12-19-33(21-22-36)31-13-6-3-7-14-31/h3,6-8,10,12-19,21-30H,4-5,9,11,20H2,1-2H3.